The van der Waals surface area contributed by atoms with Gasteiger partial charge in [-0.1, -0.05) is 44.2 Å². The van der Waals surface area contributed by atoms with E-state index in [1.165, 1.54) is 0 Å². The van der Waals surface area contributed by atoms with Crippen LogP contribution in [0.2, 0.25) is 0 Å². The third kappa shape index (κ3) is 3.32. The minimum absolute atomic E-state index is 0.0494. The van der Waals surface area contributed by atoms with Crippen molar-refractivity contribution in [3.05, 3.63) is 65.4 Å². The van der Waals surface area contributed by atoms with Gasteiger partial charge in [-0.2, -0.15) is 0 Å². The van der Waals surface area contributed by atoms with Crippen molar-refractivity contribution in [3.8, 4) is 5.75 Å². The molecule has 0 fully saturated rings. The first-order chi connectivity index (χ1) is 13.0. The van der Waals surface area contributed by atoms with Crippen molar-refractivity contribution in [2.75, 3.05) is 17.2 Å². The van der Waals surface area contributed by atoms with E-state index in [2.05, 4.69) is 30.5 Å². The van der Waals surface area contributed by atoms with E-state index in [1.54, 1.807) is 0 Å². The van der Waals surface area contributed by atoms with Crippen molar-refractivity contribution in [1.82, 2.24) is 0 Å². The molecule has 1 aliphatic carbocycles. The Morgan fingerprint density at radius 2 is 1.74 bits per heavy atom. The van der Waals surface area contributed by atoms with E-state index >= 15 is 0 Å². The molecule has 2 N–H and O–H groups in total. The highest BCUT2D eigenvalue weighted by Gasteiger charge is 2.39. The summed E-state index contributed by atoms with van der Waals surface area (Å²) in [6.45, 7) is 6.88. The van der Waals surface area contributed by atoms with Gasteiger partial charge in [-0.15, -0.1) is 0 Å². The molecule has 2 aromatic carbocycles. The second kappa shape index (κ2) is 6.76. The van der Waals surface area contributed by atoms with Gasteiger partial charge in [0.15, 0.2) is 5.78 Å². The number of rotatable bonds is 3. The van der Waals surface area contributed by atoms with Crippen LogP contribution in [0.3, 0.4) is 0 Å². The Hall–Kier alpha value is -2.75. The van der Waals surface area contributed by atoms with Gasteiger partial charge in [-0.05, 0) is 37.0 Å². The fraction of sp³-hybridized carbons (Fsp3) is 0.348. The van der Waals surface area contributed by atoms with E-state index < -0.39 is 0 Å². The van der Waals surface area contributed by atoms with Crippen LogP contribution in [-0.2, 0) is 4.79 Å². The molecule has 2 aliphatic rings. The standard InChI is InChI=1S/C23H26N2O2/c1-4-27-20-12-8-5-9-15(20)22-21-18(13-23(2,3)14-19(21)26)24-16-10-6-7-11-17(16)25-22/h5-12,22,24-25H,4,13-14H2,1-3H3/t22-/m0/s1. The van der Waals surface area contributed by atoms with Crippen LogP contribution in [0.15, 0.2) is 59.8 Å². The molecule has 0 unspecified atom stereocenters. The maximum absolute atomic E-state index is 13.2. The third-order valence-corrected chi connectivity index (χ3v) is 5.25. The van der Waals surface area contributed by atoms with E-state index in [-0.39, 0.29) is 17.2 Å². The van der Waals surface area contributed by atoms with Gasteiger partial charge in [0.1, 0.15) is 5.75 Å². The molecule has 0 bridgehead atoms. The SMILES string of the molecule is CCOc1ccccc1[C@@H]1Nc2ccccc2NC2=C1C(=O)CC(C)(C)C2. The van der Waals surface area contributed by atoms with Crippen LogP contribution in [0.25, 0.3) is 0 Å². The zero-order chi connectivity index (χ0) is 19.0. The third-order valence-electron chi connectivity index (χ3n) is 5.25. The van der Waals surface area contributed by atoms with Gasteiger partial charge in [0.25, 0.3) is 0 Å². The van der Waals surface area contributed by atoms with E-state index in [0.29, 0.717) is 13.0 Å². The molecule has 0 aromatic heterocycles. The molecule has 0 radical (unpaired) electrons. The van der Waals surface area contributed by atoms with Crippen molar-refractivity contribution in [2.24, 2.45) is 5.41 Å². The summed E-state index contributed by atoms with van der Waals surface area (Å²) in [4.78, 5) is 13.2. The number of ether oxygens (including phenoxy) is 1. The average Bonchev–Trinajstić information content (AvgIpc) is 2.77. The maximum atomic E-state index is 13.2. The second-order valence-corrected chi connectivity index (χ2v) is 8.05. The molecule has 4 nitrogen and oxygen atoms in total. The predicted molar refractivity (Wildman–Crippen MR) is 109 cm³/mol. The van der Waals surface area contributed by atoms with Crippen molar-refractivity contribution in [2.45, 2.75) is 39.7 Å². The second-order valence-electron chi connectivity index (χ2n) is 8.05. The molecule has 1 heterocycles. The Morgan fingerprint density at radius 1 is 1.04 bits per heavy atom. The molecule has 4 rings (SSSR count). The highest BCUT2D eigenvalue weighted by Crippen LogP contribution is 2.46. The van der Waals surface area contributed by atoms with E-state index in [1.807, 2.05) is 49.4 Å². The lowest BCUT2D eigenvalue weighted by Crippen LogP contribution is -2.31. The molecule has 27 heavy (non-hydrogen) atoms. The average molecular weight is 362 g/mol. The van der Waals surface area contributed by atoms with E-state index in [9.17, 15) is 4.79 Å². The van der Waals surface area contributed by atoms with Gasteiger partial charge in [0.2, 0.25) is 0 Å². The van der Waals surface area contributed by atoms with Crippen LogP contribution in [0.4, 0.5) is 11.4 Å². The van der Waals surface area contributed by atoms with Gasteiger partial charge in [-0.3, -0.25) is 4.79 Å². The summed E-state index contributed by atoms with van der Waals surface area (Å²) in [5, 5.41) is 7.16. The summed E-state index contributed by atoms with van der Waals surface area (Å²) < 4.78 is 5.88. The number of carbonyl (C=O) groups excluding carboxylic acids is 1. The molecule has 0 spiro atoms. The quantitative estimate of drug-likeness (QED) is 0.777. The molecule has 4 heteroatoms. The Kier molecular flexibility index (Phi) is 4.42. The van der Waals surface area contributed by atoms with Crippen molar-refractivity contribution in [3.63, 3.8) is 0 Å². The van der Waals surface area contributed by atoms with Crippen LogP contribution < -0.4 is 15.4 Å². The lowest BCUT2D eigenvalue weighted by molar-refractivity contribution is -0.118. The number of nitrogens with one attached hydrogen (secondary N) is 2. The molecule has 1 aliphatic heterocycles. The summed E-state index contributed by atoms with van der Waals surface area (Å²) in [5.41, 5.74) is 4.80. The van der Waals surface area contributed by atoms with Crippen LogP contribution in [0.5, 0.6) is 5.75 Å². The number of Topliss-reactive ketones (excluding diaryl/α,β-unsaturated/α-hetero) is 1. The molecule has 140 valence electrons. The van der Waals surface area contributed by atoms with Gasteiger partial charge in [-0.25, -0.2) is 0 Å². The summed E-state index contributed by atoms with van der Waals surface area (Å²) in [6, 6.07) is 15.9. The number of hydrogen-bond acceptors (Lipinski definition) is 4. The number of benzene rings is 2. The van der Waals surface area contributed by atoms with Gasteiger partial charge in [0, 0.05) is 23.3 Å². The fourth-order valence-corrected chi connectivity index (χ4v) is 4.13. The summed E-state index contributed by atoms with van der Waals surface area (Å²) in [5.74, 6) is 1.02. The largest absolute Gasteiger partial charge is 0.494 e. The number of ketones is 1. The Bertz CT molecular complexity index is 914. The lowest BCUT2D eigenvalue weighted by Gasteiger charge is -2.34. The lowest BCUT2D eigenvalue weighted by atomic mass is 9.73. The van der Waals surface area contributed by atoms with Crippen LogP contribution >= 0.6 is 0 Å². The van der Waals surface area contributed by atoms with E-state index in [4.69, 9.17) is 4.74 Å². The number of anilines is 2. The summed E-state index contributed by atoms with van der Waals surface area (Å²) in [6.07, 6.45) is 1.40. The molecular formula is C23H26N2O2. The number of hydrogen-bond donors (Lipinski definition) is 2. The van der Waals surface area contributed by atoms with Crippen LogP contribution in [0, 0.1) is 5.41 Å². The normalized spacial score (nSPS) is 20.7. The zero-order valence-corrected chi connectivity index (χ0v) is 16.1. The van der Waals surface area contributed by atoms with Gasteiger partial charge >= 0.3 is 0 Å². The number of allylic oxidation sites excluding steroid dienone is 1. The van der Waals surface area contributed by atoms with Gasteiger partial charge < -0.3 is 15.4 Å². The zero-order valence-electron chi connectivity index (χ0n) is 16.1. The Labute approximate surface area is 160 Å². The number of carbonyl (C=O) groups is 1. The monoisotopic (exact) mass is 362 g/mol. The molecular weight excluding hydrogens is 336 g/mol. The first-order valence-corrected chi connectivity index (χ1v) is 9.59. The molecule has 0 saturated heterocycles. The molecule has 1 atom stereocenters. The van der Waals surface area contributed by atoms with Crippen molar-refractivity contribution in [1.29, 1.82) is 0 Å². The molecule has 2 aromatic rings. The topological polar surface area (TPSA) is 50.4 Å². The highest BCUT2D eigenvalue weighted by molar-refractivity contribution is 6.01. The van der Waals surface area contributed by atoms with Gasteiger partial charge in [0.05, 0.1) is 24.0 Å². The van der Waals surface area contributed by atoms with Crippen LogP contribution in [-0.4, -0.2) is 12.4 Å². The van der Waals surface area contributed by atoms with Crippen LogP contribution in [0.1, 0.15) is 45.2 Å². The minimum Gasteiger partial charge on any atom is -0.494 e. The number of fused-ring (bicyclic) bond motifs is 1. The number of para-hydroxylation sites is 3. The van der Waals surface area contributed by atoms with Crippen molar-refractivity contribution < 1.29 is 9.53 Å². The first kappa shape index (κ1) is 17.7. The predicted octanol–water partition coefficient (Wildman–Crippen LogP) is 5.31. The van der Waals surface area contributed by atoms with E-state index in [0.717, 1.165) is 40.4 Å². The Morgan fingerprint density at radius 3 is 2.52 bits per heavy atom. The smallest absolute Gasteiger partial charge is 0.163 e. The highest BCUT2D eigenvalue weighted by atomic mass is 16.5. The van der Waals surface area contributed by atoms with Crippen molar-refractivity contribution >= 4 is 17.2 Å². The fourth-order valence-electron chi connectivity index (χ4n) is 4.13. The molecule has 0 saturated carbocycles. The summed E-state index contributed by atoms with van der Waals surface area (Å²) >= 11 is 0. The minimum atomic E-state index is -0.234. The maximum Gasteiger partial charge on any atom is 0.163 e. The first-order valence-electron chi connectivity index (χ1n) is 9.59. The Balaban J connectivity index is 1.90. The summed E-state index contributed by atoms with van der Waals surface area (Å²) in [7, 11) is 0. The molecule has 0 amide bonds.